The highest BCUT2D eigenvalue weighted by molar-refractivity contribution is 14.0. The van der Waals surface area contributed by atoms with Crippen molar-refractivity contribution < 1.29 is 4.74 Å². The Balaban J connectivity index is 0.00000576. The Morgan fingerprint density at radius 3 is 2.20 bits per heavy atom. The lowest BCUT2D eigenvalue weighted by Gasteiger charge is -2.18. The summed E-state index contributed by atoms with van der Waals surface area (Å²) in [6, 6.07) is 8.76. The van der Waals surface area contributed by atoms with Crippen LogP contribution < -0.4 is 10.6 Å². The Kier molecular flexibility index (Phi) is 14.9. The number of hydrogen-bond donors (Lipinski definition) is 2. The predicted octanol–water partition coefficient (Wildman–Crippen LogP) is 3.24. The van der Waals surface area contributed by atoms with Crippen molar-refractivity contribution >= 4 is 29.9 Å². The number of rotatable bonds is 11. The molecule has 0 bridgehead atoms. The van der Waals surface area contributed by atoms with Gasteiger partial charge in [0.25, 0.3) is 0 Å². The van der Waals surface area contributed by atoms with Crippen molar-refractivity contribution in [2.24, 2.45) is 4.99 Å². The predicted molar refractivity (Wildman–Crippen MR) is 118 cm³/mol. The molecule has 0 aliphatic rings. The zero-order chi connectivity index (χ0) is 17.6. The lowest BCUT2D eigenvalue weighted by atomic mass is 10.1. The van der Waals surface area contributed by atoms with Crippen LogP contribution in [0.2, 0.25) is 0 Å². The van der Waals surface area contributed by atoms with Gasteiger partial charge >= 0.3 is 0 Å². The number of aliphatic imine (C=N–C) groups is 1. The highest BCUT2D eigenvalue weighted by Gasteiger charge is 2.02. The first-order chi connectivity index (χ1) is 11.7. The molecule has 144 valence electrons. The smallest absolute Gasteiger partial charge is 0.191 e. The Hall–Kier alpha value is -0.860. The zero-order valence-corrected chi connectivity index (χ0v) is 18.5. The van der Waals surface area contributed by atoms with Crippen LogP contribution in [0.5, 0.6) is 0 Å². The molecule has 0 radical (unpaired) electrons. The molecule has 0 unspecified atom stereocenters. The number of nitrogens with zero attached hydrogens (tertiary/aromatic N) is 2. The van der Waals surface area contributed by atoms with E-state index in [1.54, 1.807) is 0 Å². The van der Waals surface area contributed by atoms with E-state index in [1.165, 1.54) is 11.1 Å². The molecule has 0 spiro atoms. The number of benzene rings is 1. The van der Waals surface area contributed by atoms with E-state index in [-0.39, 0.29) is 24.0 Å². The van der Waals surface area contributed by atoms with Gasteiger partial charge in [0.2, 0.25) is 0 Å². The number of ether oxygens (including phenoxy) is 1. The highest BCUT2D eigenvalue weighted by atomic mass is 127. The Bertz CT molecular complexity index is 461. The number of hydrogen-bond acceptors (Lipinski definition) is 3. The highest BCUT2D eigenvalue weighted by Crippen LogP contribution is 2.08. The molecule has 5 nitrogen and oxygen atoms in total. The van der Waals surface area contributed by atoms with Gasteiger partial charge in [-0.25, -0.2) is 4.99 Å². The third-order valence-electron chi connectivity index (χ3n) is 3.83. The van der Waals surface area contributed by atoms with Crippen LogP contribution >= 0.6 is 24.0 Å². The van der Waals surface area contributed by atoms with Crippen LogP contribution in [0, 0.1) is 0 Å². The average Bonchev–Trinajstić information content (AvgIpc) is 2.62. The van der Waals surface area contributed by atoms with Crippen LogP contribution in [-0.2, 0) is 17.8 Å². The van der Waals surface area contributed by atoms with Crippen molar-refractivity contribution in [1.29, 1.82) is 0 Å². The van der Waals surface area contributed by atoms with Gasteiger partial charge in [0.05, 0.1) is 13.2 Å². The molecule has 2 N–H and O–H groups in total. The van der Waals surface area contributed by atoms with Gasteiger partial charge in [-0.05, 0) is 38.1 Å². The standard InChI is InChI=1S/C19H34N4O.HI/c1-5-20-19(21-13-14-24-8-4)22-15-17-9-11-18(12-10-17)16-23(6-2)7-3;/h9-12H,5-8,13-16H2,1-4H3,(H2,20,21,22);1H. The van der Waals surface area contributed by atoms with E-state index in [4.69, 9.17) is 4.74 Å². The van der Waals surface area contributed by atoms with E-state index in [1.807, 2.05) is 6.92 Å². The fourth-order valence-electron chi connectivity index (χ4n) is 2.35. The van der Waals surface area contributed by atoms with Crippen molar-refractivity contribution in [3.8, 4) is 0 Å². The molecule has 0 aromatic heterocycles. The van der Waals surface area contributed by atoms with Crippen molar-refractivity contribution in [2.75, 3.05) is 39.4 Å². The van der Waals surface area contributed by atoms with E-state index in [9.17, 15) is 0 Å². The van der Waals surface area contributed by atoms with Crippen LogP contribution in [0.15, 0.2) is 29.3 Å². The van der Waals surface area contributed by atoms with E-state index in [0.29, 0.717) is 13.2 Å². The normalized spacial score (nSPS) is 11.3. The molecule has 6 heteroatoms. The maximum Gasteiger partial charge on any atom is 0.191 e. The Morgan fingerprint density at radius 1 is 1.00 bits per heavy atom. The third-order valence-corrected chi connectivity index (χ3v) is 3.83. The second-order valence-corrected chi connectivity index (χ2v) is 5.60. The van der Waals surface area contributed by atoms with Crippen LogP contribution in [0.3, 0.4) is 0 Å². The van der Waals surface area contributed by atoms with Gasteiger partial charge in [-0.2, -0.15) is 0 Å². The molecule has 25 heavy (non-hydrogen) atoms. The number of nitrogens with one attached hydrogen (secondary N) is 2. The monoisotopic (exact) mass is 462 g/mol. The summed E-state index contributed by atoms with van der Waals surface area (Å²) in [5.74, 6) is 0.837. The Morgan fingerprint density at radius 2 is 1.64 bits per heavy atom. The molecule has 1 aromatic rings. The first-order valence-corrected chi connectivity index (χ1v) is 9.13. The SMILES string of the molecule is CCNC(=NCc1ccc(CN(CC)CC)cc1)NCCOCC.I. The minimum Gasteiger partial charge on any atom is -0.380 e. The fraction of sp³-hybridized carbons (Fsp3) is 0.632. The minimum absolute atomic E-state index is 0. The van der Waals surface area contributed by atoms with Crippen molar-refractivity contribution in [2.45, 2.75) is 40.8 Å². The molecular weight excluding hydrogens is 427 g/mol. The summed E-state index contributed by atoms with van der Waals surface area (Å²) in [5.41, 5.74) is 2.58. The lowest BCUT2D eigenvalue weighted by Crippen LogP contribution is -2.39. The van der Waals surface area contributed by atoms with Crippen LogP contribution in [-0.4, -0.2) is 50.3 Å². The summed E-state index contributed by atoms with van der Waals surface area (Å²) in [6.07, 6.45) is 0. The first-order valence-electron chi connectivity index (χ1n) is 9.13. The average molecular weight is 462 g/mol. The van der Waals surface area contributed by atoms with Crippen molar-refractivity contribution in [3.63, 3.8) is 0 Å². The molecule has 0 amide bonds. The van der Waals surface area contributed by atoms with Crippen LogP contribution in [0.1, 0.15) is 38.8 Å². The molecule has 0 aliphatic carbocycles. The van der Waals surface area contributed by atoms with Crippen molar-refractivity contribution in [3.05, 3.63) is 35.4 Å². The molecule has 0 fully saturated rings. The molecule has 0 heterocycles. The molecule has 0 saturated carbocycles. The summed E-state index contributed by atoms with van der Waals surface area (Å²) in [7, 11) is 0. The van der Waals surface area contributed by atoms with E-state index in [0.717, 1.165) is 45.3 Å². The molecule has 1 aromatic carbocycles. The summed E-state index contributed by atoms with van der Waals surface area (Å²) in [4.78, 5) is 7.05. The van der Waals surface area contributed by atoms with Gasteiger partial charge in [0.1, 0.15) is 0 Å². The first kappa shape index (κ1) is 24.1. The van der Waals surface area contributed by atoms with Gasteiger partial charge in [-0.1, -0.05) is 38.1 Å². The van der Waals surface area contributed by atoms with Gasteiger partial charge < -0.3 is 15.4 Å². The second-order valence-electron chi connectivity index (χ2n) is 5.60. The molecule has 0 aliphatic heterocycles. The fourth-order valence-corrected chi connectivity index (χ4v) is 2.35. The van der Waals surface area contributed by atoms with Crippen LogP contribution in [0.25, 0.3) is 0 Å². The maximum absolute atomic E-state index is 5.34. The second kappa shape index (κ2) is 15.4. The van der Waals surface area contributed by atoms with Gasteiger partial charge in [-0.15, -0.1) is 24.0 Å². The summed E-state index contributed by atoms with van der Waals surface area (Å²) < 4.78 is 5.34. The number of guanidine groups is 1. The van der Waals surface area contributed by atoms with Gasteiger partial charge in [0.15, 0.2) is 5.96 Å². The topological polar surface area (TPSA) is 48.9 Å². The largest absolute Gasteiger partial charge is 0.380 e. The van der Waals surface area contributed by atoms with Gasteiger partial charge in [0, 0.05) is 26.2 Å². The Labute approximate surface area is 170 Å². The maximum atomic E-state index is 5.34. The van der Waals surface area contributed by atoms with E-state index < -0.39 is 0 Å². The molecule has 0 atom stereocenters. The molecule has 0 saturated heterocycles. The van der Waals surface area contributed by atoms with E-state index >= 15 is 0 Å². The van der Waals surface area contributed by atoms with Crippen LogP contribution in [0.4, 0.5) is 0 Å². The summed E-state index contributed by atoms with van der Waals surface area (Å²) >= 11 is 0. The van der Waals surface area contributed by atoms with E-state index in [2.05, 4.69) is 65.6 Å². The minimum atomic E-state index is 0. The van der Waals surface area contributed by atoms with Gasteiger partial charge in [-0.3, -0.25) is 4.90 Å². The summed E-state index contributed by atoms with van der Waals surface area (Å²) in [5, 5.41) is 6.54. The number of halogens is 1. The summed E-state index contributed by atoms with van der Waals surface area (Å²) in [6.45, 7) is 15.4. The third kappa shape index (κ3) is 10.7. The quantitative estimate of drug-likeness (QED) is 0.230. The zero-order valence-electron chi connectivity index (χ0n) is 16.2. The lowest BCUT2D eigenvalue weighted by molar-refractivity contribution is 0.152. The van der Waals surface area contributed by atoms with Crippen molar-refractivity contribution in [1.82, 2.24) is 15.5 Å². The molecule has 1 rings (SSSR count). The molecular formula is C19H35IN4O.